The van der Waals surface area contributed by atoms with E-state index in [0.717, 1.165) is 19.6 Å². The standard InChI is InChI=1S/C11H16N2.C2H6.CH4/c1-2-5-11(6-3-1)13-9-4-7-12-8-10-13;1-2;/h1-3,5-6,12H,4,7-10H2;1-2H3;1H4. The van der Waals surface area contributed by atoms with Crippen LogP contribution in [0.25, 0.3) is 0 Å². The number of rotatable bonds is 1. The highest BCUT2D eigenvalue weighted by atomic mass is 15.2. The van der Waals surface area contributed by atoms with Crippen LogP contribution < -0.4 is 10.2 Å². The molecule has 0 amide bonds. The van der Waals surface area contributed by atoms with E-state index in [1.54, 1.807) is 0 Å². The van der Waals surface area contributed by atoms with E-state index in [4.69, 9.17) is 0 Å². The number of nitrogens with zero attached hydrogens (tertiary/aromatic N) is 1. The molecule has 2 rings (SSSR count). The Morgan fingerprint density at radius 1 is 1.00 bits per heavy atom. The Kier molecular flexibility index (Phi) is 8.64. The molecule has 2 heteroatoms. The van der Waals surface area contributed by atoms with Gasteiger partial charge in [-0.2, -0.15) is 0 Å². The topological polar surface area (TPSA) is 15.3 Å². The second-order valence-electron chi connectivity index (χ2n) is 3.43. The first-order chi connectivity index (χ1) is 7.47. The van der Waals surface area contributed by atoms with Crippen LogP contribution in [0.2, 0.25) is 0 Å². The molecule has 0 bridgehead atoms. The SMILES string of the molecule is C.CC.c1ccc(N2CCCNCC2)cc1. The van der Waals surface area contributed by atoms with Crippen molar-refractivity contribution in [2.75, 3.05) is 31.1 Å². The van der Waals surface area contributed by atoms with Crippen LogP contribution in [0.5, 0.6) is 0 Å². The Bertz CT molecular complexity index is 238. The third kappa shape index (κ3) is 4.67. The summed E-state index contributed by atoms with van der Waals surface area (Å²) >= 11 is 0. The minimum absolute atomic E-state index is 0. The van der Waals surface area contributed by atoms with Crippen LogP contribution in [0.15, 0.2) is 30.3 Å². The first-order valence-corrected chi connectivity index (χ1v) is 5.97. The van der Waals surface area contributed by atoms with Gasteiger partial charge in [-0.05, 0) is 25.1 Å². The Morgan fingerprint density at radius 3 is 2.38 bits per heavy atom. The lowest BCUT2D eigenvalue weighted by molar-refractivity contribution is 0.724. The lowest BCUT2D eigenvalue weighted by atomic mass is 10.3. The average molecular weight is 222 g/mol. The van der Waals surface area contributed by atoms with Crippen LogP contribution in [0, 0.1) is 0 Å². The van der Waals surface area contributed by atoms with Crippen molar-refractivity contribution in [2.24, 2.45) is 0 Å². The highest BCUT2D eigenvalue weighted by molar-refractivity contribution is 5.45. The summed E-state index contributed by atoms with van der Waals surface area (Å²) in [7, 11) is 0. The van der Waals surface area contributed by atoms with Crippen molar-refractivity contribution in [2.45, 2.75) is 27.7 Å². The summed E-state index contributed by atoms with van der Waals surface area (Å²) in [6.07, 6.45) is 1.24. The molecule has 0 spiro atoms. The van der Waals surface area contributed by atoms with Crippen LogP contribution in [0.4, 0.5) is 5.69 Å². The van der Waals surface area contributed by atoms with Crippen LogP contribution in [0.3, 0.4) is 0 Å². The summed E-state index contributed by atoms with van der Waals surface area (Å²) in [6.45, 7) is 8.57. The van der Waals surface area contributed by atoms with Gasteiger partial charge in [-0.3, -0.25) is 0 Å². The zero-order valence-corrected chi connectivity index (χ0v) is 9.87. The third-order valence-corrected chi connectivity index (χ3v) is 2.46. The van der Waals surface area contributed by atoms with E-state index in [9.17, 15) is 0 Å². The molecule has 16 heavy (non-hydrogen) atoms. The maximum absolute atomic E-state index is 3.41. The average Bonchev–Trinajstić information content (AvgIpc) is 2.61. The molecule has 1 saturated heterocycles. The number of hydrogen-bond donors (Lipinski definition) is 1. The molecule has 1 N–H and O–H groups in total. The first-order valence-electron chi connectivity index (χ1n) is 5.97. The van der Waals surface area contributed by atoms with Crippen LogP contribution in [0.1, 0.15) is 27.7 Å². The number of hydrogen-bond acceptors (Lipinski definition) is 2. The van der Waals surface area contributed by atoms with Crippen molar-refractivity contribution in [3.8, 4) is 0 Å². The lowest BCUT2D eigenvalue weighted by Crippen LogP contribution is -2.27. The van der Waals surface area contributed by atoms with Gasteiger partial charge in [0.2, 0.25) is 0 Å². The van der Waals surface area contributed by atoms with Crippen molar-refractivity contribution in [1.82, 2.24) is 5.32 Å². The Labute approximate surface area is 101 Å². The monoisotopic (exact) mass is 222 g/mol. The maximum Gasteiger partial charge on any atom is 0.0366 e. The quantitative estimate of drug-likeness (QED) is 0.785. The lowest BCUT2D eigenvalue weighted by Gasteiger charge is -2.21. The summed E-state index contributed by atoms with van der Waals surface area (Å²) in [5.74, 6) is 0. The molecule has 0 aliphatic carbocycles. The largest absolute Gasteiger partial charge is 0.370 e. The summed E-state index contributed by atoms with van der Waals surface area (Å²) in [6, 6.07) is 10.7. The smallest absolute Gasteiger partial charge is 0.0366 e. The van der Waals surface area contributed by atoms with Crippen molar-refractivity contribution in [3.63, 3.8) is 0 Å². The zero-order chi connectivity index (χ0) is 10.9. The van der Waals surface area contributed by atoms with Crippen LogP contribution >= 0.6 is 0 Å². The summed E-state index contributed by atoms with van der Waals surface area (Å²) < 4.78 is 0. The molecule has 1 aliphatic rings. The molecule has 1 fully saturated rings. The summed E-state index contributed by atoms with van der Waals surface area (Å²) in [4.78, 5) is 2.44. The summed E-state index contributed by atoms with van der Waals surface area (Å²) in [5.41, 5.74) is 1.35. The predicted molar refractivity (Wildman–Crippen MR) is 74.2 cm³/mol. The van der Waals surface area contributed by atoms with Gasteiger partial charge in [0.05, 0.1) is 0 Å². The molecule has 0 atom stereocenters. The van der Waals surface area contributed by atoms with Gasteiger partial charge in [0.1, 0.15) is 0 Å². The van der Waals surface area contributed by atoms with Crippen molar-refractivity contribution >= 4 is 5.69 Å². The molecule has 0 aromatic heterocycles. The maximum atomic E-state index is 3.41. The van der Waals surface area contributed by atoms with E-state index >= 15 is 0 Å². The fourth-order valence-electron chi connectivity index (χ4n) is 1.74. The Hall–Kier alpha value is -1.02. The molecule has 1 heterocycles. The minimum atomic E-state index is 0. The number of benzene rings is 1. The van der Waals surface area contributed by atoms with E-state index in [1.807, 2.05) is 13.8 Å². The molecular weight excluding hydrogens is 196 g/mol. The van der Waals surface area contributed by atoms with Crippen molar-refractivity contribution in [1.29, 1.82) is 0 Å². The van der Waals surface area contributed by atoms with Gasteiger partial charge < -0.3 is 10.2 Å². The predicted octanol–water partition coefficient (Wildman–Crippen LogP) is 3.15. The van der Waals surface area contributed by atoms with Gasteiger partial charge in [0.15, 0.2) is 0 Å². The van der Waals surface area contributed by atoms with Gasteiger partial charge in [0, 0.05) is 25.3 Å². The third-order valence-electron chi connectivity index (χ3n) is 2.46. The molecular formula is C14H26N2. The first kappa shape index (κ1) is 15.0. The molecule has 0 saturated carbocycles. The van der Waals surface area contributed by atoms with Gasteiger partial charge >= 0.3 is 0 Å². The molecule has 1 aromatic carbocycles. The Balaban J connectivity index is 0.000000711. The van der Waals surface area contributed by atoms with Gasteiger partial charge in [0.25, 0.3) is 0 Å². The number of anilines is 1. The van der Waals surface area contributed by atoms with Crippen molar-refractivity contribution < 1.29 is 0 Å². The highest BCUT2D eigenvalue weighted by Gasteiger charge is 2.07. The fourth-order valence-corrected chi connectivity index (χ4v) is 1.74. The second kappa shape index (κ2) is 9.22. The molecule has 0 unspecified atom stereocenters. The highest BCUT2D eigenvalue weighted by Crippen LogP contribution is 2.13. The molecule has 1 aromatic rings. The van der Waals surface area contributed by atoms with E-state index in [-0.39, 0.29) is 7.43 Å². The van der Waals surface area contributed by atoms with Gasteiger partial charge in [-0.25, -0.2) is 0 Å². The molecule has 0 radical (unpaired) electrons. The van der Waals surface area contributed by atoms with Crippen molar-refractivity contribution in [3.05, 3.63) is 30.3 Å². The number of nitrogens with one attached hydrogen (secondary N) is 1. The second-order valence-corrected chi connectivity index (χ2v) is 3.43. The van der Waals surface area contributed by atoms with E-state index in [1.165, 1.54) is 18.7 Å². The minimum Gasteiger partial charge on any atom is -0.370 e. The molecule has 1 aliphatic heterocycles. The Morgan fingerprint density at radius 2 is 1.69 bits per heavy atom. The normalized spacial score (nSPS) is 15.2. The zero-order valence-electron chi connectivity index (χ0n) is 9.87. The van der Waals surface area contributed by atoms with E-state index < -0.39 is 0 Å². The van der Waals surface area contributed by atoms with Gasteiger partial charge in [-0.1, -0.05) is 39.5 Å². The fraction of sp³-hybridized carbons (Fsp3) is 0.571. The van der Waals surface area contributed by atoms with E-state index in [0.29, 0.717) is 0 Å². The van der Waals surface area contributed by atoms with E-state index in [2.05, 4.69) is 40.5 Å². The summed E-state index contributed by atoms with van der Waals surface area (Å²) in [5, 5.41) is 3.41. The molecule has 92 valence electrons. The van der Waals surface area contributed by atoms with Crippen LogP contribution in [-0.2, 0) is 0 Å². The molecule has 2 nitrogen and oxygen atoms in total. The van der Waals surface area contributed by atoms with Crippen LogP contribution in [-0.4, -0.2) is 26.2 Å². The van der Waals surface area contributed by atoms with Gasteiger partial charge in [-0.15, -0.1) is 0 Å². The number of para-hydroxylation sites is 1.